The van der Waals surface area contributed by atoms with E-state index in [4.69, 9.17) is 4.74 Å². The number of benzene rings is 2. The molecule has 5 heteroatoms. The Morgan fingerprint density at radius 2 is 1.86 bits per heavy atom. The Kier molecular flexibility index (Phi) is 3.59. The van der Waals surface area contributed by atoms with Crippen LogP contribution in [0.3, 0.4) is 0 Å². The van der Waals surface area contributed by atoms with Gasteiger partial charge in [-0.15, -0.1) is 0 Å². The smallest absolute Gasteiger partial charge is 0.376 e. The molecular formula is C16H14F3NO. The van der Waals surface area contributed by atoms with Gasteiger partial charge in [-0.2, -0.15) is 13.2 Å². The molecule has 1 N–H and O–H groups in total. The summed E-state index contributed by atoms with van der Waals surface area (Å²) in [7, 11) is 0. The standard InChI is InChI=1S/C16H14F3NO/c17-16(18,19)12-5-3-6-13(8-12)20-15-10-21-9-11-4-1-2-7-14(11)15/h1-8,15,20H,9-10H2. The number of fused-ring (bicyclic) bond motifs is 1. The molecule has 3 rings (SSSR count). The van der Waals surface area contributed by atoms with Crippen LogP contribution in [0.4, 0.5) is 18.9 Å². The fourth-order valence-electron chi connectivity index (χ4n) is 2.49. The molecule has 0 aliphatic carbocycles. The van der Waals surface area contributed by atoms with E-state index in [2.05, 4.69) is 5.32 Å². The minimum atomic E-state index is -4.33. The van der Waals surface area contributed by atoms with Gasteiger partial charge in [0.2, 0.25) is 0 Å². The second-order valence-electron chi connectivity index (χ2n) is 4.99. The number of nitrogens with one attached hydrogen (secondary N) is 1. The zero-order valence-corrected chi connectivity index (χ0v) is 11.2. The van der Waals surface area contributed by atoms with E-state index in [0.717, 1.165) is 23.3 Å². The van der Waals surface area contributed by atoms with Crippen molar-refractivity contribution >= 4 is 5.69 Å². The van der Waals surface area contributed by atoms with Crippen LogP contribution in [0.1, 0.15) is 22.7 Å². The zero-order chi connectivity index (χ0) is 14.9. The lowest BCUT2D eigenvalue weighted by atomic mass is 9.99. The van der Waals surface area contributed by atoms with E-state index in [1.807, 2.05) is 24.3 Å². The first-order valence-electron chi connectivity index (χ1n) is 6.63. The highest BCUT2D eigenvalue weighted by Gasteiger charge is 2.30. The number of rotatable bonds is 2. The monoisotopic (exact) mass is 293 g/mol. The third-order valence-electron chi connectivity index (χ3n) is 3.50. The van der Waals surface area contributed by atoms with Crippen LogP contribution in [0, 0.1) is 0 Å². The molecule has 0 fully saturated rings. The first-order chi connectivity index (χ1) is 10.0. The van der Waals surface area contributed by atoms with Crippen molar-refractivity contribution in [3.63, 3.8) is 0 Å². The fourth-order valence-corrected chi connectivity index (χ4v) is 2.49. The molecule has 0 radical (unpaired) electrons. The molecule has 1 aliphatic rings. The van der Waals surface area contributed by atoms with Crippen LogP contribution in [-0.2, 0) is 17.5 Å². The van der Waals surface area contributed by atoms with Crippen LogP contribution in [0.2, 0.25) is 0 Å². The average molecular weight is 293 g/mol. The van der Waals surface area contributed by atoms with Crippen LogP contribution in [0.5, 0.6) is 0 Å². The van der Waals surface area contributed by atoms with Crippen LogP contribution in [-0.4, -0.2) is 6.61 Å². The quantitative estimate of drug-likeness (QED) is 0.886. The summed E-state index contributed by atoms with van der Waals surface area (Å²) in [4.78, 5) is 0. The molecule has 0 aromatic heterocycles. The molecule has 1 atom stereocenters. The van der Waals surface area contributed by atoms with Gasteiger partial charge in [0.15, 0.2) is 0 Å². The van der Waals surface area contributed by atoms with Gasteiger partial charge in [0, 0.05) is 5.69 Å². The Bertz CT molecular complexity index is 639. The van der Waals surface area contributed by atoms with Gasteiger partial charge in [-0.05, 0) is 29.3 Å². The summed E-state index contributed by atoms with van der Waals surface area (Å²) in [6.45, 7) is 0.976. The predicted molar refractivity (Wildman–Crippen MR) is 73.9 cm³/mol. The molecule has 0 amide bonds. The Morgan fingerprint density at radius 1 is 1.05 bits per heavy atom. The van der Waals surface area contributed by atoms with Gasteiger partial charge in [-0.3, -0.25) is 0 Å². The third-order valence-corrected chi connectivity index (χ3v) is 3.50. The molecule has 0 saturated carbocycles. The molecule has 2 aromatic carbocycles. The highest BCUT2D eigenvalue weighted by molar-refractivity contribution is 5.49. The lowest BCUT2D eigenvalue weighted by molar-refractivity contribution is -0.137. The topological polar surface area (TPSA) is 21.3 Å². The Balaban J connectivity index is 1.85. The molecule has 2 nitrogen and oxygen atoms in total. The van der Waals surface area contributed by atoms with E-state index in [1.165, 1.54) is 6.07 Å². The van der Waals surface area contributed by atoms with Crippen molar-refractivity contribution in [3.05, 3.63) is 65.2 Å². The van der Waals surface area contributed by atoms with Crippen LogP contribution < -0.4 is 5.32 Å². The molecule has 110 valence electrons. The molecule has 0 spiro atoms. The number of hydrogen-bond donors (Lipinski definition) is 1. The maximum atomic E-state index is 12.7. The lowest BCUT2D eigenvalue weighted by Gasteiger charge is -2.27. The Morgan fingerprint density at radius 3 is 2.67 bits per heavy atom. The van der Waals surface area contributed by atoms with Crippen LogP contribution >= 0.6 is 0 Å². The van der Waals surface area contributed by atoms with E-state index in [0.29, 0.717) is 18.9 Å². The summed E-state index contributed by atoms with van der Waals surface area (Å²) in [6.07, 6.45) is -4.33. The number of alkyl halides is 3. The summed E-state index contributed by atoms with van der Waals surface area (Å²) in [5.74, 6) is 0. The summed E-state index contributed by atoms with van der Waals surface area (Å²) in [5.41, 5.74) is 1.92. The van der Waals surface area contributed by atoms with Crippen molar-refractivity contribution in [2.75, 3.05) is 11.9 Å². The van der Waals surface area contributed by atoms with Gasteiger partial charge in [-0.25, -0.2) is 0 Å². The average Bonchev–Trinajstić information content (AvgIpc) is 2.47. The second-order valence-corrected chi connectivity index (χ2v) is 4.99. The van der Waals surface area contributed by atoms with Gasteiger partial charge < -0.3 is 10.1 Å². The maximum absolute atomic E-state index is 12.7. The molecular weight excluding hydrogens is 279 g/mol. The Hall–Kier alpha value is -2.01. The largest absolute Gasteiger partial charge is 0.416 e. The van der Waals surface area contributed by atoms with Gasteiger partial charge in [0.1, 0.15) is 0 Å². The maximum Gasteiger partial charge on any atom is 0.416 e. The van der Waals surface area contributed by atoms with Crippen LogP contribution in [0.25, 0.3) is 0 Å². The summed E-state index contributed by atoms with van der Waals surface area (Å²) in [6, 6.07) is 12.9. The fraction of sp³-hybridized carbons (Fsp3) is 0.250. The van der Waals surface area contributed by atoms with E-state index in [9.17, 15) is 13.2 Å². The van der Waals surface area contributed by atoms with Crippen molar-refractivity contribution in [1.29, 1.82) is 0 Å². The predicted octanol–water partition coefficient (Wildman–Crippen LogP) is 4.39. The molecule has 1 heterocycles. The van der Waals surface area contributed by atoms with Gasteiger partial charge in [0.05, 0.1) is 24.8 Å². The first-order valence-corrected chi connectivity index (χ1v) is 6.63. The second kappa shape index (κ2) is 5.41. The number of anilines is 1. The van der Waals surface area contributed by atoms with Crippen molar-refractivity contribution in [2.24, 2.45) is 0 Å². The van der Waals surface area contributed by atoms with E-state index in [1.54, 1.807) is 6.07 Å². The van der Waals surface area contributed by atoms with Gasteiger partial charge in [0.25, 0.3) is 0 Å². The summed E-state index contributed by atoms with van der Waals surface area (Å²) < 4.78 is 43.7. The van der Waals surface area contributed by atoms with Gasteiger partial charge in [-0.1, -0.05) is 30.3 Å². The molecule has 0 saturated heterocycles. The number of hydrogen-bond acceptors (Lipinski definition) is 2. The van der Waals surface area contributed by atoms with E-state index >= 15 is 0 Å². The summed E-state index contributed by atoms with van der Waals surface area (Å²) in [5, 5.41) is 3.12. The number of ether oxygens (including phenoxy) is 1. The highest BCUT2D eigenvalue weighted by Crippen LogP contribution is 2.32. The normalized spacial score (nSPS) is 18.1. The lowest BCUT2D eigenvalue weighted by Crippen LogP contribution is -2.23. The number of halogens is 3. The molecule has 1 aliphatic heterocycles. The van der Waals surface area contributed by atoms with E-state index < -0.39 is 11.7 Å². The summed E-state index contributed by atoms with van der Waals surface area (Å²) >= 11 is 0. The van der Waals surface area contributed by atoms with Gasteiger partial charge >= 0.3 is 6.18 Å². The van der Waals surface area contributed by atoms with Crippen molar-refractivity contribution < 1.29 is 17.9 Å². The minimum absolute atomic E-state index is 0.140. The van der Waals surface area contributed by atoms with Crippen molar-refractivity contribution in [2.45, 2.75) is 18.8 Å². The Labute approximate surface area is 120 Å². The van der Waals surface area contributed by atoms with Crippen molar-refractivity contribution in [1.82, 2.24) is 0 Å². The third kappa shape index (κ3) is 3.03. The zero-order valence-electron chi connectivity index (χ0n) is 11.2. The molecule has 0 bridgehead atoms. The highest BCUT2D eigenvalue weighted by atomic mass is 19.4. The SMILES string of the molecule is FC(F)(F)c1cccc(NC2COCc3ccccc32)c1. The molecule has 21 heavy (non-hydrogen) atoms. The minimum Gasteiger partial charge on any atom is -0.376 e. The van der Waals surface area contributed by atoms with Crippen molar-refractivity contribution in [3.8, 4) is 0 Å². The molecule has 1 unspecified atom stereocenters. The van der Waals surface area contributed by atoms with E-state index in [-0.39, 0.29) is 6.04 Å². The van der Waals surface area contributed by atoms with Crippen LogP contribution in [0.15, 0.2) is 48.5 Å². The first kappa shape index (κ1) is 13.9. The molecule has 2 aromatic rings.